The fourth-order valence-corrected chi connectivity index (χ4v) is 3.35. The maximum atomic E-state index is 12.7. The number of methoxy groups -OCH3 is 1. The highest BCUT2D eigenvalue weighted by Gasteiger charge is 2.30. The number of hydrogen-bond acceptors (Lipinski definition) is 3. The van der Waals surface area contributed by atoms with Gasteiger partial charge in [-0.2, -0.15) is 0 Å². The minimum atomic E-state index is -0.361. The smallest absolute Gasteiger partial charge is 0.322 e. The number of rotatable bonds is 3. The normalized spacial score (nSPS) is 16.5. The standard InChI is InChI=1S/C18H19ClN2O3/c1-24-17-14(19)7-4-8-15(17)20-18(23)21-10-9-12-5-2-3-6-13(12)16(21)11-22/h2-8,16,22H,9-11H2,1H3,(H,20,23)/t16-/m0/s1. The van der Waals surface area contributed by atoms with E-state index in [1.54, 1.807) is 23.1 Å². The van der Waals surface area contributed by atoms with Crippen LogP contribution in [0.2, 0.25) is 5.02 Å². The number of aliphatic hydroxyl groups is 1. The summed E-state index contributed by atoms with van der Waals surface area (Å²) in [5.41, 5.74) is 2.66. The van der Waals surface area contributed by atoms with Gasteiger partial charge in [0.2, 0.25) is 0 Å². The van der Waals surface area contributed by atoms with Gasteiger partial charge in [-0.05, 0) is 29.7 Å². The average molecular weight is 347 g/mol. The van der Waals surface area contributed by atoms with E-state index in [4.69, 9.17) is 16.3 Å². The summed E-state index contributed by atoms with van der Waals surface area (Å²) in [6.45, 7) is 0.411. The third kappa shape index (κ3) is 3.05. The summed E-state index contributed by atoms with van der Waals surface area (Å²) in [5, 5.41) is 13.1. The lowest BCUT2D eigenvalue weighted by atomic mass is 9.93. The highest BCUT2D eigenvalue weighted by Crippen LogP contribution is 2.34. The monoisotopic (exact) mass is 346 g/mol. The zero-order valence-electron chi connectivity index (χ0n) is 13.3. The molecule has 0 aromatic heterocycles. The van der Waals surface area contributed by atoms with E-state index in [9.17, 15) is 9.90 Å². The van der Waals surface area contributed by atoms with Crippen LogP contribution in [-0.2, 0) is 6.42 Å². The van der Waals surface area contributed by atoms with E-state index in [0.29, 0.717) is 23.0 Å². The number of nitrogens with one attached hydrogen (secondary N) is 1. The second kappa shape index (κ2) is 7.11. The topological polar surface area (TPSA) is 61.8 Å². The number of amides is 2. The lowest BCUT2D eigenvalue weighted by molar-refractivity contribution is 0.135. The Morgan fingerprint density at radius 1 is 1.33 bits per heavy atom. The van der Waals surface area contributed by atoms with Crippen LogP contribution in [0.5, 0.6) is 5.75 Å². The largest absolute Gasteiger partial charge is 0.493 e. The van der Waals surface area contributed by atoms with Gasteiger partial charge in [0.05, 0.1) is 30.5 Å². The summed E-state index contributed by atoms with van der Waals surface area (Å²) in [7, 11) is 1.50. The average Bonchev–Trinajstić information content (AvgIpc) is 2.60. The van der Waals surface area contributed by atoms with Gasteiger partial charge in [0.15, 0.2) is 5.75 Å². The number of carbonyl (C=O) groups excluding carboxylic acids is 1. The molecule has 126 valence electrons. The van der Waals surface area contributed by atoms with Crippen molar-refractivity contribution >= 4 is 23.3 Å². The Morgan fingerprint density at radius 2 is 2.12 bits per heavy atom. The predicted octanol–water partition coefficient (Wildman–Crippen LogP) is 3.47. The summed E-state index contributed by atoms with van der Waals surface area (Å²) in [4.78, 5) is 14.4. The van der Waals surface area contributed by atoms with Gasteiger partial charge in [-0.25, -0.2) is 4.79 Å². The summed E-state index contributed by atoms with van der Waals surface area (Å²) < 4.78 is 5.26. The van der Waals surface area contributed by atoms with Gasteiger partial charge < -0.3 is 20.1 Å². The van der Waals surface area contributed by atoms with Crippen molar-refractivity contribution in [3.8, 4) is 5.75 Å². The maximum Gasteiger partial charge on any atom is 0.322 e. The Hall–Kier alpha value is -2.24. The van der Waals surface area contributed by atoms with Gasteiger partial charge in [-0.3, -0.25) is 0 Å². The lowest BCUT2D eigenvalue weighted by Gasteiger charge is -2.36. The summed E-state index contributed by atoms with van der Waals surface area (Å²) in [6.07, 6.45) is 0.757. The van der Waals surface area contributed by atoms with Crippen molar-refractivity contribution in [3.05, 3.63) is 58.6 Å². The number of nitrogens with zero attached hydrogens (tertiary/aromatic N) is 1. The Balaban J connectivity index is 1.85. The minimum Gasteiger partial charge on any atom is -0.493 e. The Kier molecular flexibility index (Phi) is 4.92. The number of aliphatic hydroxyl groups excluding tert-OH is 1. The molecule has 2 aromatic rings. The number of anilines is 1. The van der Waals surface area contributed by atoms with Gasteiger partial charge in [-0.1, -0.05) is 41.9 Å². The molecule has 2 amide bonds. The molecule has 2 N–H and O–H groups in total. The van der Waals surface area contributed by atoms with Crippen LogP contribution in [0.3, 0.4) is 0 Å². The van der Waals surface area contributed by atoms with Crippen molar-refractivity contribution in [1.29, 1.82) is 0 Å². The fourth-order valence-electron chi connectivity index (χ4n) is 3.09. The van der Waals surface area contributed by atoms with E-state index in [0.717, 1.165) is 12.0 Å². The molecule has 24 heavy (non-hydrogen) atoms. The molecule has 2 aromatic carbocycles. The van der Waals surface area contributed by atoms with E-state index >= 15 is 0 Å². The van der Waals surface area contributed by atoms with Gasteiger partial charge >= 0.3 is 6.03 Å². The van der Waals surface area contributed by atoms with Crippen LogP contribution < -0.4 is 10.1 Å². The van der Waals surface area contributed by atoms with E-state index in [2.05, 4.69) is 5.32 Å². The first-order valence-corrected chi connectivity index (χ1v) is 8.12. The van der Waals surface area contributed by atoms with Crippen LogP contribution >= 0.6 is 11.6 Å². The molecule has 0 bridgehead atoms. The van der Waals surface area contributed by atoms with Gasteiger partial charge in [0.25, 0.3) is 0 Å². The summed E-state index contributed by atoms with van der Waals surface area (Å²) in [6, 6.07) is 12.4. The number of carbonyl (C=O) groups is 1. The first-order chi connectivity index (χ1) is 11.7. The number of benzene rings is 2. The molecule has 0 fully saturated rings. The Labute approximate surface area is 145 Å². The molecule has 1 aliphatic rings. The molecule has 1 atom stereocenters. The number of hydrogen-bond donors (Lipinski definition) is 2. The number of ether oxygens (including phenoxy) is 1. The van der Waals surface area contributed by atoms with Gasteiger partial charge in [-0.15, -0.1) is 0 Å². The molecule has 3 rings (SSSR count). The molecular weight excluding hydrogens is 328 g/mol. The Bertz CT molecular complexity index is 751. The van der Waals surface area contributed by atoms with Gasteiger partial charge in [0.1, 0.15) is 0 Å². The molecule has 0 unspecified atom stereocenters. The number of urea groups is 1. The van der Waals surface area contributed by atoms with E-state index in [1.165, 1.54) is 12.7 Å². The Morgan fingerprint density at radius 3 is 2.88 bits per heavy atom. The molecule has 0 aliphatic carbocycles. The van der Waals surface area contributed by atoms with Crippen LogP contribution in [-0.4, -0.2) is 36.3 Å². The van der Waals surface area contributed by atoms with Crippen LogP contribution in [0, 0.1) is 0 Å². The minimum absolute atomic E-state index is 0.128. The third-order valence-electron chi connectivity index (χ3n) is 4.26. The fraction of sp³-hybridized carbons (Fsp3) is 0.278. The van der Waals surface area contributed by atoms with Crippen molar-refractivity contribution in [3.63, 3.8) is 0 Å². The second-order valence-corrected chi connectivity index (χ2v) is 6.00. The maximum absolute atomic E-state index is 12.7. The predicted molar refractivity (Wildman–Crippen MR) is 93.7 cm³/mol. The second-order valence-electron chi connectivity index (χ2n) is 5.59. The quantitative estimate of drug-likeness (QED) is 0.894. The third-order valence-corrected chi connectivity index (χ3v) is 4.56. The number of halogens is 1. The van der Waals surface area contributed by atoms with Crippen molar-refractivity contribution in [2.24, 2.45) is 0 Å². The van der Waals surface area contributed by atoms with E-state index < -0.39 is 0 Å². The van der Waals surface area contributed by atoms with Crippen molar-refractivity contribution in [2.45, 2.75) is 12.5 Å². The first kappa shape index (κ1) is 16.6. The van der Waals surface area contributed by atoms with Crippen LogP contribution in [0.15, 0.2) is 42.5 Å². The van der Waals surface area contributed by atoms with Crippen molar-refractivity contribution < 1.29 is 14.6 Å². The lowest BCUT2D eigenvalue weighted by Crippen LogP contribution is -2.43. The van der Waals surface area contributed by atoms with E-state index in [1.807, 2.05) is 24.3 Å². The molecule has 0 radical (unpaired) electrons. The molecule has 5 nitrogen and oxygen atoms in total. The van der Waals surface area contributed by atoms with E-state index in [-0.39, 0.29) is 18.7 Å². The zero-order valence-corrected chi connectivity index (χ0v) is 14.1. The molecule has 1 aliphatic heterocycles. The van der Waals surface area contributed by atoms with Crippen molar-refractivity contribution in [2.75, 3.05) is 25.6 Å². The molecule has 1 heterocycles. The summed E-state index contributed by atoms with van der Waals surface area (Å²) >= 11 is 6.09. The van der Waals surface area contributed by atoms with Gasteiger partial charge in [0, 0.05) is 6.54 Å². The van der Waals surface area contributed by atoms with Crippen molar-refractivity contribution in [1.82, 2.24) is 4.90 Å². The number of fused-ring (bicyclic) bond motifs is 1. The molecular formula is C18H19ClN2O3. The van der Waals surface area contributed by atoms with Crippen LogP contribution in [0.1, 0.15) is 17.2 Å². The highest BCUT2D eigenvalue weighted by atomic mass is 35.5. The van der Waals surface area contributed by atoms with Crippen LogP contribution in [0.25, 0.3) is 0 Å². The molecule has 0 saturated carbocycles. The zero-order chi connectivity index (χ0) is 17.1. The summed E-state index contributed by atoms with van der Waals surface area (Å²) in [5.74, 6) is 0.422. The highest BCUT2D eigenvalue weighted by molar-refractivity contribution is 6.32. The molecule has 0 spiro atoms. The SMILES string of the molecule is COc1c(Cl)cccc1NC(=O)N1CCc2ccccc2[C@@H]1CO. The first-order valence-electron chi connectivity index (χ1n) is 7.74. The molecule has 0 saturated heterocycles. The molecule has 6 heteroatoms. The number of para-hydroxylation sites is 1. The van der Waals surface area contributed by atoms with Crippen LogP contribution in [0.4, 0.5) is 10.5 Å².